The van der Waals surface area contributed by atoms with Crippen molar-refractivity contribution < 1.29 is 8.42 Å². The van der Waals surface area contributed by atoms with E-state index in [4.69, 9.17) is 11.6 Å². The summed E-state index contributed by atoms with van der Waals surface area (Å²) in [6.45, 7) is 7.35. The molecule has 0 aliphatic rings. The lowest BCUT2D eigenvalue weighted by Crippen LogP contribution is -2.40. The first-order chi connectivity index (χ1) is 7.65. The third kappa shape index (κ3) is 3.98. The van der Waals surface area contributed by atoms with Crippen LogP contribution in [0.1, 0.15) is 33.3 Å². The van der Waals surface area contributed by atoms with E-state index >= 15 is 0 Å². The van der Waals surface area contributed by atoms with Crippen molar-refractivity contribution in [1.29, 1.82) is 0 Å². The SMILES string of the molecule is CCc1ccc(Cl)c(S(=O)(=O)NC(C)(C)C)c1. The number of benzene rings is 1. The normalized spacial score (nSPS) is 12.8. The zero-order valence-corrected chi connectivity index (χ0v) is 12.1. The van der Waals surface area contributed by atoms with Crippen LogP contribution in [0, 0.1) is 0 Å². The second-order valence-electron chi connectivity index (χ2n) is 4.97. The quantitative estimate of drug-likeness (QED) is 0.922. The van der Waals surface area contributed by atoms with E-state index in [1.54, 1.807) is 32.9 Å². The smallest absolute Gasteiger partial charge is 0.207 e. The number of sulfonamides is 1. The highest BCUT2D eigenvalue weighted by Gasteiger charge is 2.24. The summed E-state index contributed by atoms with van der Waals surface area (Å²) in [5.74, 6) is 0. The molecule has 0 atom stereocenters. The summed E-state index contributed by atoms with van der Waals surface area (Å²) in [5.41, 5.74) is 0.424. The van der Waals surface area contributed by atoms with Gasteiger partial charge in [-0.05, 0) is 44.9 Å². The lowest BCUT2D eigenvalue weighted by molar-refractivity contribution is 0.491. The molecule has 0 radical (unpaired) electrons. The molecule has 1 rings (SSSR count). The van der Waals surface area contributed by atoms with Crippen LogP contribution in [0.25, 0.3) is 0 Å². The standard InChI is InChI=1S/C12H18ClNO2S/c1-5-9-6-7-10(13)11(8-9)17(15,16)14-12(2,3)4/h6-8,14H,5H2,1-4H3. The van der Waals surface area contributed by atoms with Crippen molar-refractivity contribution >= 4 is 21.6 Å². The molecular weight excluding hydrogens is 258 g/mol. The van der Waals surface area contributed by atoms with Gasteiger partial charge in [0, 0.05) is 5.54 Å². The van der Waals surface area contributed by atoms with E-state index in [2.05, 4.69) is 4.72 Å². The zero-order valence-electron chi connectivity index (χ0n) is 10.5. The molecule has 0 aliphatic carbocycles. The Morgan fingerprint density at radius 3 is 2.35 bits per heavy atom. The Kier molecular flexibility index (Phi) is 4.23. The first-order valence-corrected chi connectivity index (χ1v) is 7.34. The van der Waals surface area contributed by atoms with Crippen molar-refractivity contribution in [3.63, 3.8) is 0 Å². The molecule has 0 amide bonds. The van der Waals surface area contributed by atoms with Crippen molar-refractivity contribution in [3.8, 4) is 0 Å². The van der Waals surface area contributed by atoms with Gasteiger partial charge in [-0.1, -0.05) is 24.6 Å². The van der Waals surface area contributed by atoms with Gasteiger partial charge in [-0.25, -0.2) is 13.1 Å². The maximum absolute atomic E-state index is 12.1. The van der Waals surface area contributed by atoms with Crippen LogP contribution in [-0.2, 0) is 16.4 Å². The fourth-order valence-electron chi connectivity index (χ4n) is 1.43. The number of nitrogens with one attached hydrogen (secondary N) is 1. The maximum Gasteiger partial charge on any atom is 0.242 e. The Morgan fingerprint density at radius 2 is 1.88 bits per heavy atom. The van der Waals surface area contributed by atoms with E-state index in [-0.39, 0.29) is 9.92 Å². The molecule has 1 N–H and O–H groups in total. The number of rotatable bonds is 3. The summed E-state index contributed by atoms with van der Waals surface area (Å²) in [6.07, 6.45) is 0.773. The van der Waals surface area contributed by atoms with Crippen LogP contribution in [0.5, 0.6) is 0 Å². The lowest BCUT2D eigenvalue weighted by atomic mass is 10.1. The highest BCUT2D eigenvalue weighted by Crippen LogP contribution is 2.24. The molecule has 0 bridgehead atoms. The number of halogens is 1. The van der Waals surface area contributed by atoms with Crippen LogP contribution in [0.3, 0.4) is 0 Å². The Labute approximate surface area is 108 Å². The van der Waals surface area contributed by atoms with Gasteiger partial charge < -0.3 is 0 Å². The minimum atomic E-state index is -3.56. The molecule has 0 unspecified atom stereocenters. The molecule has 3 nitrogen and oxygen atoms in total. The Morgan fingerprint density at radius 1 is 1.29 bits per heavy atom. The summed E-state index contributed by atoms with van der Waals surface area (Å²) in [6, 6.07) is 5.08. The summed E-state index contributed by atoms with van der Waals surface area (Å²) in [7, 11) is -3.56. The van der Waals surface area contributed by atoms with Gasteiger partial charge in [0.15, 0.2) is 0 Å². The predicted molar refractivity (Wildman–Crippen MR) is 70.9 cm³/mol. The zero-order chi connectivity index (χ0) is 13.3. The molecule has 0 saturated carbocycles. The van der Waals surface area contributed by atoms with Crippen LogP contribution in [-0.4, -0.2) is 14.0 Å². The van der Waals surface area contributed by atoms with Crippen LogP contribution >= 0.6 is 11.6 Å². The average molecular weight is 276 g/mol. The molecule has 96 valence electrons. The summed E-state index contributed by atoms with van der Waals surface area (Å²) < 4.78 is 26.9. The van der Waals surface area contributed by atoms with Crippen molar-refractivity contribution in [2.75, 3.05) is 0 Å². The van der Waals surface area contributed by atoms with Gasteiger partial charge in [-0.3, -0.25) is 0 Å². The summed E-state index contributed by atoms with van der Waals surface area (Å²) >= 11 is 5.95. The molecular formula is C12H18ClNO2S. The van der Waals surface area contributed by atoms with Gasteiger partial charge in [-0.15, -0.1) is 0 Å². The van der Waals surface area contributed by atoms with Gasteiger partial charge in [0.2, 0.25) is 10.0 Å². The molecule has 0 aliphatic heterocycles. The van der Waals surface area contributed by atoms with Crippen LogP contribution < -0.4 is 4.72 Å². The Bertz CT molecular complexity index is 504. The molecule has 0 spiro atoms. The number of aryl methyl sites for hydroxylation is 1. The predicted octanol–water partition coefficient (Wildman–Crippen LogP) is 2.98. The van der Waals surface area contributed by atoms with Gasteiger partial charge in [-0.2, -0.15) is 0 Å². The molecule has 1 aromatic rings. The fourth-order valence-corrected chi connectivity index (χ4v) is 3.40. The first kappa shape index (κ1) is 14.5. The number of hydrogen-bond acceptors (Lipinski definition) is 2. The van der Waals surface area contributed by atoms with Crippen LogP contribution in [0.2, 0.25) is 5.02 Å². The third-order valence-corrected chi connectivity index (χ3v) is 4.37. The van der Waals surface area contributed by atoms with Crippen LogP contribution in [0.15, 0.2) is 23.1 Å². The molecule has 17 heavy (non-hydrogen) atoms. The van der Waals surface area contributed by atoms with Gasteiger partial charge in [0.05, 0.1) is 5.02 Å². The van der Waals surface area contributed by atoms with Crippen molar-refractivity contribution in [1.82, 2.24) is 4.72 Å². The molecule has 0 saturated heterocycles. The van der Waals surface area contributed by atoms with Gasteiger partial charge >= 0.3 is 0 Å². The summed E-state index contributed by atoms with van der Waals surface area (Å²) in [4.78, 5) is 0.147. The maximum atomic E-state index is 12.1. The fraction of sp³-hybridized carbons (Fsp3) is 0.500. The second kappa shape index (κ2) is 4.96. The van der Waals surface area contributed by atoms with E-state index < -0.39 is 15.6 Å². The Balaban J connectivity index is 3.23. The minimum absolute atomic E-state index is 0.147. The minimum Gasteiger partial charge on any atom is -0.207 e. The first-order valence-electron chi connectivity index (χ1n) is 5.48. The third-order valence-electron chi connectivity index (χ3n) is 2.13. The highest BCUT2D eigenvalue weighted by atomic mass is 35.5. The highest BCUT2D eigenvalue weighted by molar-refractivity contribution is 7.89. The van der Waals surface area contributed by atoms with Gasteiger partial charge in [0.25, 0.3) is 0 Å². The summed E-state index contributed by atoms with van der Waals surface area (Å²) in [5, 5.41) is 0.249. The molecule has 1 aromatic carbocycles. The van der Waals surface area contributed by atoms with E-state index in [0.717, 1.165) is 12.0 Å². The molecule has 5 heteroatoms. The van der Waals surface area contributed by atoms with E-state index in [1.807, 2.05) is 13.0 Å². The Hall–Kier alpha value is -0.580. The van der Waals surface area contributed by atoms with E-state index in [0.29, 0.717) is 0 Å². The van der Waals surface area contributed by atoms with E-state index in [9.17, 15) is 8.42 Å². The molecule has 0 heterocycles. The van der Waals surface area contributed by atoms with Gasteiger partial charge in [0.1, 0.15) is 4.90 Å². The van der Waals surface area contributed by atoms with Crippen molar-refractivity contribution in [3.05, 3.63) is 28.8 Å². The average Bonchev–Trinajstić information content (AvgIpc) is 2.14. The van der Waals surface area contributed by atoms with Crippen molar-refractivity contribution in [2.45, 2.75) is 44.6 Å². The van der Waals surface area contributed by atoms with Crippen LogP contribution in [0.4, 0.5) is 0 Å². The van der Waals surface area contributed by atoms with Crippen molar-refractivity contribution in [2.24, 2.45) is 0 Å². The monoisotopic (exact) mass is 275 g/mol. The molecule has 0 fully saturated rings. The van der Waals surface area contributed by atoms with E-state index in [1.165, 1.54) is 0 Å². The lowest BCUT2D eigenvalue weighted by Gasteiger charge is -2.21. The molecule has 0 aromatic heterocycles. The number of hydrogen-bond donors (Lipinski definition) is 1. The topological polar surface area (TPSA) is 46.2 Å². The second-order valence-corrected chi connectivity index (χ2v) is 7.03. The largest absolute Gasteiger partial charge is 0.242 e.